The van der Waals surface area contributed by atoms with Crippen molar-refractivity contribution in [3.8, 4) is 0 Å². The van der Waals surface area contributed by atoms with Crippen LogP contribution in [0.5, 0.6) is 0 Å². The lowest BCUT2D eigenvalue weighted by atomic mass is 9.88. The molecule has 0 bridgehead atoms. The van der Waals surface area contributed by atoms with E-state index in [2.05, 4.69) is 16.4 Å². The van der Waals surface area contributed by atoms with Gasteiger partial charge in [-0.05, 0) is 85.5 Å². The smallest absolute Gasteiger partial charge is 0.332 e. The van der Waals surface area contributed by atoms with Gasteiger partial charge in [0, 0.05) is 34.3 Å². The summed E-state index contributed by atoms with van der Waals surface area (Å²) in [7, 11) is 0. The third-order valence-electron chi connectivity index (χ3n) is 8.59. The molecule has 3 heterocycles. The van der Waals surface area contributed by atoms with Gasteiger partial charge in [0.2, 0.25) is 0 Å². The fourth-order valence-corrected chi connectivity index (χ4v) is 6.19. The molecule has 0 aliphatic carbocycles. The molecule has 42 heavy (non-hydrogen) atoms. The number of aromatic amines is 1. The van der Waals surface area contributed by atoms with Crippen LogP contribution in [0.4, 0.5) is 16.2 Å². The van der Waals surface area contributed by atoms with Crippen molar-refractivity contribution in [1.82, 2.24) is 9.88 Å². The summed E-state index contributed by atoms with van der Waals surface area (Å²) in [5.74, 6) is -0.522. The number of rotatable bonds is 4. The topological polar surface area (TPSA) is 85.5 Å². The number of urea groups is 1. The zero-order valence-corrected chi connectivity index (χ0v) is 23.6. The Morgan fingerprint density at radius 3 is 2.33 bits per heavy atom. The van der Waals surface area contributed by atoms with Crippen molar-refractivity contribution in [3.05, 3.63) is 130 Å². The lowest BCUT2D eigenvalue weighted by Crippen LogP contribution is -2.44. The monoisotopic (exact) mass is 554 g/mol. The molecule has 0 radical (unpaired) electrons. The van der Waals surface area contributed by atoms with Gasteiger partial charge in [0.15, 0.2) is 0 Å². The third-order valence-corrected chi connectivity index (χ3v) is 8.59. The normalized spacial score (nSPS) is 17.9. The van der Waals surface area contributed by atoms with E-state index in [1.54, 1.807) is 29.2 Å². The van der Waals surface area contributed by atoms with E-state index < -0.39 is 12.1 Å². The van der Waals surface area contributed by atoms with Gasteiger partial charge in [0.1, 0.15) is 12.1 Å². The van der Waals surface area contributed by atoms with E-state index in [-0.39, 0.29) is 17.8 Å². The Kier molecular flexibility index (Phi) is 5.97. The number of nitrogens with zero attached hydrogens (tertiary/aromatic N) is 2. The highest BCUT2D eigenvalue weighted by Crippen LogP contribution is 2.44. The van der Waals surface area contributed by atoms with Crippen LogP contribution in [0.15, 0.2) is 91.0 Å². The fourth-order valence-electron chi connectivity index (χ4n) is 6.19. The Morgan fingerprint density at radius 2 is 1.60 bits per heavy atom. The predicted octanol–water partition coefficient (Wildman–Crippen LogP) is 6.83. The molecule has 0 spiro atoms. The minimum absolute atomic E-state index is 0.258. The molecular weight excluding hydrogens is 524 g/mol. The highest BCUT2D eigenvalue weighted by Gasteiger charge is 2.53. The number of aromatic nitrogens is 1. The van der Waals surface area contributed by atoms with Crippen molar-refractivity contribution in [2.45, 2.75) is 39.3 Å². The van der Waals surface area contributed by atoms with Crippen molar-refractivity contribution >= 4 is 40.1 Å². The summed E-state index contributed by atoms with van der Waals surface area (Å²) in [6.45, 7) is 6.05. The molecule has 2 aliphatic heterocycles. The van der Waals surface area contributed by atoms with Crippen molar-refractivity contribution in [1.29, 1.82) is 0 Å². The number of hydrogen-bond acceptors (Lipinski definition) is 3. The predicted molar refractivity (Wildman–Crippen MR) is 164 cm³/mol. The second-order valence-corrected chi connectivity index (χ2v) is 11.3. The van der Waals surface area contributed by atoms with E-state index in [9.17, 15) is 14.4 Å². The maximum atomic E-state index is 14.1. The maximum absolute atomic E-state index is 14.1. The Bertz CT molecular complexity index is 1890. The molecule has 1 saturated heterocycles. The van der Waals surface area contributed by atoms with Gasteiger partial charge in [-0.25, -0.2) is 9.69 Å². The number of fused-ring (bicyclic) bond motifs is 4. The number of para-hydroxylation sites is 1. The number of benzene rings is 4. The first kappa shape index (κ1) is 25.8. The minimum Gasteiger partial charge on any atom is -0.356 e. The molecule has 2 aliphatic rings. The van der Waals surface area contributed by atoms with Gasteiger partial charge < -0.3 is 10.3 Å². The van der Waals surface area contributed by atoms with E-state index in [1.165, 1.54) is 4.90 Å². The number of aryl methyl sites for hydroxylation is 3. The molecule has 7 heteroatoms. The molecule has 4 aromatic carbocycles. The van der Waals surface area contributed by atoms with E-state index in [4.69, 9.17) is 0 Å². The standard InChI is InChI=1S/C35H30N4O3/c1-20-8-11-23(12-9-20)32-31-28(27-6-4-5-7-29(27)37-31)19-30-34(41)38(35(42)39(30)32)26-16-13-24(14-17-26)33(40)36-25-15-10-21(2)22(3)18-25/h4-18,30,32,37H,19H2,1-3H3,(H,36,40)/t30-,32+/m0/s1. The van der Waals surface area contributed by atoms with E-state index >= 15 is 0 Å². The summed E-state index contributed by atoms with van der Waals surface area (Å²) >= 11 is 0. The van der Waals surface area contributed by atoms with Crippen molar-refractivity contribution in [2.24, 2.45) is 0 Å². The van der Waals surface area contributed by atoms with Crippen molar-refractivity contribution in [2.75, 3.05) is 10.2 Å². The van der Waals surface area contributed by atoms with Gasteiger partial charge in [0.25, 0.3) is 11.8 Å². The number of imide groups is 1. The van der Waals surface area contributed by atoms with Gasteiger partial charge in [-0.2, -0.15) is 0 Å². The van der Waals surface area contributed by atoms with Gasteiger partial charge in [-0.1, -0.05) is 54.1 Å². The van der Waals surface area contributed by atoms with Gasteiger partial charge in [-0.3, -0.25) is 14.5 Å². The largest absolute Gasteiger partial charge is 0.356 e. The average molecular weight is 555 g/mol. The summed E-state index contributed by atoms with van der Waals surface area (Å²) in [6, 6.07) is 27.2. The second-order valence-electron chi connectivity index (χ2n) is 11.3. The molecule has 208 valence electrons. The maximum Gasteiger partial charge on any atom is 0.332 e. The van der Waals surface area contributed by atoms with Gasteiger partial charge >= 0.3 is 6.03 Å². The van der Waals surface area contributed by atoms with Gasteiger partial charge in [-0.15, -0.1) is 0 Å². The van der Waals surface area contributed by atoms with Crippen LogP contribution >= 0.6 is 0 Å². The van der Waals surface area contributed by atoms with E-state index in [0.717, 1.165) is 44.4 Å². The zero-order chi connectivity index (χ0) is 29.1. The molecule has 0 saturated carbocycles. The SMILES string of the molecule is Cc1ccc([C@@H]2c3[nH]c4ccccc4c3C[C@H]3C(=O)N(c4ccc(C(=O)Nc5ccc(C)c(C)c5)cc4)C(=O)N23)cc1. The Balaban J connectivity index is 1.22. The zero-order valence-electron chi connectivity index (χ0n) is 23.6. The van der Waals surface area contributed by atoms with E-state index in [0.29, 0.717) is 23.4 Å². The lowest BCUT2D eigenvalue weighted by molar-refractivity contribution is -0.120. The summed E-state index contributed by atoms with van der Waals surface area (Å²) < 4.78 is 0. The van der Waals surface area contributed by atoms with Crippen molar-refractivity contribution < 1.29 is 14.4 Å². The van der Waals surface area contributed by atoms with Crippen molar-refractivity contribution in [3.63, 3.8) is 0 Å². The number of amides is 4. The van der Waals surface area contributed by atoms with Gasteiger partial charge in [0.05, 0.1) is 5.69 Å². The molecule has 1 fully saturated rings. The first-order valence-electron chi connectivity index (χ1n) is 14.1. The summed E-state index contributed by atoms with van der Waals surface area (Å²) in [5.41, 5.74) is 8.91. The quantitative estimate of drug-likeness (QED) is 0.239. The van der Waals surface area contributed by atoms with Crippen LogP contribution in [-0.4, -0.2) is 33.8 Å². The molecule has 7 nitrogen and oxygen atoms in total. The molecule has 2 N–H and O–H groups in total. The highest BCUT2D eigenvalue weighted by atomic mass is 16.2. The number of H-pyrrole nitrogens is 1. The fraction of sp³-hybridized carbons (Fsp3) is 0.171. The summed E-state index contributed by atoms with van der Waals surface area (Å²) in [5, 5.41) is 4.00. The molecule has 0 unspecified atom stereocenters. The third kappa shape index (κ3) is 4.08. The van der Waals surface area contributed by atoms with Crippen LogP contribution in [-0.2, 0) is 11.2 Å². The van der Waals surface area contributed by atoms with Crippen LogP contribution in [0, 0.1) is 20.8 Å². The molecule has 1 aromatic heterocycles. The number of anilines is 2. The lowest BCUT2D eigenvalue weighted by Gasteiger charge is -2.36. The van der Waals surface area contributed by atoms with Crippen LogP contribution in [0.25, 0.3) is 10.9 Å². The molecule has 2 atom stereocenters. The van der Waals surface area contributed by atoms with Crippen LogP contribution < -0.4 is 10.2 Å². The molecule has 4 amide bonds. The molecule has 7 rings (SSSR count). The Morgan fingerprint density at radius 1 is 0.857 bits per heavy atom. The minimum atomic E-state index is -0.636. The molecule has 5 aromatic rings. The summed E-state index contributed by atoms with van der Waals surface area (Å²) in [4.78, 5) is 47.5. The number of carbonyl (C=O) groups excluding carboxylic acids is 3. The van der Waals surface area contributed by atoms with E-state index in [1.807, 2.05) is 81.4 Å². The Labute approximate surface area is 243 Å². The first-order chi connectivity index (χ1) is 20.3. The van der Waals surface area contributed by atoms with Crippen LogP contribution in [0.3, 0.4) is 0 Å². The van der Waals surface area contributed by atoms with Crippen LogP contribution in [0.1, 0.15) is 49.9 Å². The number of nitrogens with one attached hydrogen (secondary N) is 2. The summed E-state index contributed by atoms with van der Waals surface area (Å²) in [6.07, 6.45) is 0.430. The highest BCUT2D eigenvalue weighted by molar-refractivity contribution is 6.22. The first-order valence-corrected chi connectivity index (χ1v) is 14.1. The average Bonchev–Trinajstić information content (AvgIpc) is 3.48. The number of carbonyl (C=O) groups is 3. The Hall–Kier alpha value is -5.17. The van der Waals surface area contributed by atoms with Crippen LogP contribution in [0.2, 0.25) is 0 Å². The second kappa shape index (κ2) is 9.73. The molecular formula is C35H30N4O3. The number of hydrogen-bond donors (Lipinski definition) is 2.